The van der Waals surface area contributed by atoms with E-state index in [-0.39, 0.29) is 11.7 Å². The Labute approximate surface area is 103 Å². The molecule has 0 aliphatic heterocycles. The van der Waals surface area contributed by atoms with Gasteiger partial charge in [-0.3, -0.25) is 9.78 Å². The number of rotatable bonds is 3. The van der Waals surface area contributed by atoms with E-state index in [2.05, 4.69) is 11.9 Å². The van der Waals surface area contributed by atoms with Gasteiger partial charge in [-0.1, -0.05) is 32.3 Å². The van der Waals surface area contributed by atoms with Gasteiger partial charge < -0.3 is 0 Å². The van der Waals surface area contributed by atoms with Crippen LogP contribution in [-0.4, -0.2) is 10.8 Å². The lowest BCUT2D eigenvalue weighted by Gasteiger charge is -2.29. The lowest BCUT2D eigenvalue weighted by molar-refractivity contribution is 0.0814. The van der Waals surface area contributed by atoms with E-state index in [1.165, 1.54) is 19.3 Å². The third kappa shape index (κ3) is 2.74. The van der Waals surface area contributed by atoms with Gasteiger partial charge in [0.1, 0.15) is 5.69 Å². The van der Waals surface area contributed by atoms with Crippen LogP contribution < -0.4 is 0 Å². The summed E-state index contributed by atoms with van der Waals surface area (Å²) in [4.78, 5) is 16.8. The van der Waals surface area contributed by atoms with Crippen LogP contribution in [0.25, 0.3) is 0 Å². The van der Waals surface area contributed by atoms with E-state index >= 15 is 0 Å². The second-order valence-electron chi connectivity index (χ2n) is 5.09. The molecule has 1 aliphatic rings. The van der Waals surface area contributed by atoms with Gasteiger partial charge in [0, 0.05) is 11.6 Å². The van der Waals surface area contributed by atoms with Crippen molar-refractivity contribution in [2.24, 2.45) is 11.8 Å². The SMILES string of the molecule is CCC1CCCCC1C(=O)c1cccc(C)n1. The third-order valence-electron chi connectivity index (χ3n) is 3.91. The van der Waals surface area contributed by atoms with Crippen LogP contribution >= 0.6 is 0 Å². The molecule has 0 amide bonds. The minimum atomic E-state index is 0.211. The van der Waals surface area contributed by atoms with Crippen LogP contribution in [0.3, 0.4) is 0 Å². The summed E-state index contributed by atoms with van der Waals surface area (Å²) in [7, 11) is 0. The van der Waals surface area contributed by atoms with Crippen molar-refractivity contribution < 1.29 is 4.79 Å². The first-order chi connectivity index (χ1) is 8.22. The zero-order valence-electron chi connectivity index (χ0n) is 10.8. The van der Waals surface area contributed by atoms with Crippen LogP contribution in [0.4, 0.5) is 0 Å². The number of hydrogen-bond acceptors (Lipinski definition) is 2. The van der Waals surface area contributed by atoms with E-state index in [1.807, 2.05) is 25.1 Å². The second kappa shape index (κ2) is 5.44. The van der Waals surface area contributed by atoms with Gasteiger partial charge in [-0.25, -0.2) is 0 Å². The van der Waals surface area contributed by atoms with Crippen molar-refractivity contribution in [2.75, 3.05) is 0 Å². The molecule has 1 aliphatic carbocycles. The predicted octanol–water partition coefficient (Wildman–Crippen LogP) is 3.79. The molecule has 17 heavy (non-hydrogen) atoms. The Hall–Kier alpha value is -1.18. The summed E-state index contributed by atoms with van der Waals surface area (Å²) < 4.78 is 0. The topological polar surface area (TPSA) is 30.0 Å². The fraction of sp³-hybridized carbons (Fsp3) is 0.600. The van der Waals surface area contributed by atoms with Gasteiger partial charge >= 0.3 is 0 Å². The molecule has 92 valence electrons. The second-order valence-corrected chi connectivity index (χ2v) is 5.09. The van der Waals surface area contributed by atoms with Crippen LogP contribution in [0, 0.1) is 18.8 Å². The fourth-order valence-electron chi connectivity index (χ4n) is 2.91. The molecule has 1 aromatic heterocycles. The number of carbonyl (C=O) groups is 1. The molecular formula is C15H21NO. The fourth-order valence-corrected chi connectivity index (χ4v) is 2.91. The van der Waals surface area contributed by atoms with Gasteiger partial charge in [-0.2, -0.15) is 0 Å². The van der Waals surface area contributed by atoms with Gasteiger partial charge in [-0.15, -0.1) is 0 Å². The van der Waals surface area contributed by atoms with Gasteiger partial charge in [-0.05, 0) is 37.8 Å². The number of hydrogen-bond donors (Lipinski definition) is 0. The third-order valence-corrected chi connectivity index (χ3v) is 3.91. The number of ketones is 1. The van der Waals surface area contributed by atoms with Crippen molar-refractivity contribution in [1.82, 2.24) is 4.98 Å². The van der Waals surface area contributed by atoms with Crippen LogP contribution in [0.1, 0.15) is 55.2 Å². The van der Waals surface area contributed by atoms with E-state index in [9.17, 15) is 4.79 Å². The first kappa shape index (κ1) is 12.3. The number of carbonyl (C=O) groups excluding carboxylic acids is 1. The van der Waals surface area contributed by atoms with Crippen molar-refractivity contribution in [3.8, 4) is 0 Å². The van der Waals surface area contributed by atoms with Gasteiger partial charge in [0.25, 0.3) is 0 Å². The molecule has 1 fully saturated rings. The highest BCUT2D eigenvalue weighted by atomic mass is 16.1. The maximum Gasteiger partial charge on any atom is 0.184 e. The van der Waals surface area contributed by atoms with Gasteiger partial charge in [0.05, 0.1) is 0 Å². The average molecular weight is 231 g/mol. The predicted molar refractivity (Wildman–Crippen MR) is 69.0 cm³/mol. The maximum atomic E-state index is 12.5. The lowest BCUT2D eigenvalue weighted by Crippen LogP contribution is -2.27. The largest absolute Gasteiger partial charge is 0.292 e. The van der Waals surface area contributed by atoms with E-state index in [0.717, 1.165) is 18.5 Å². The highest BCUT2D eigenvalue weighted by Gasteiger charge is 2.30. The molecule has 2 unspecified atom stereocenters. The molecule has 0 radical (unpaired) electrons. The van der Waals surface area contributed by atoms with Crippen LogP contribution in [0.5, 0.6) is 0 Å². The molecule has 1 heterocycles. The van der Waals surface area contributed by atoms with Crippen LogP contribution in [0.15, 0.2) is 18.2 Å². The molecule has 2 rings (SSSR count). The summed E-state index contributed by atoms with van der Waals surface area (Å²) in [5.74, 6) is 1.04. The minimum absolute atomic E-state index is 0.211. The molecule has 2 heteroatoms. The molecule has 0 bridgehead atoms. The van der Waals surface area contributed by atoms with Crippen LogP contribution in [-0.2, 0) is 0 Å². The highest BCUT2D eigenvalue weighted by Crippen LogP contribution is 2.34. The Bertz CT molecular complexity index is 400. The van der Waals surface area contributed by atoms with E-state index < -0.39 is 0 Å². The smallest absolute Gasteiger partial charge is 0.184 e. The molecule has 0 aromatic carbocycles. The van der Waals surface area contributed by atoms with Gasteiger partial charge in [0.2, 0.25) is 0 Å². The molecule has 0 N–H and O–H groups in total. The average Bonchev–Trinajstić information content (AvgIpc) is 2.38. The highest BCUT2D eigenvalue weighted by molar-refractivity contribution is 5.96. The first-order valence-electron chi connectivity index (χ1n) is 6.70. The van der Waals surface area contributed by atoms with Crippen molar-refractivity contribution >= 4 is 5.78 Å². The van der Waals surface area contributed by atoms with Crippen molar-refractivity contribution in [3.63, 3.8) is 0 Å². The number of Topliss-reactive ketones (excluding diaryl/α,β-unsaturated/α-hetero) is 1. The molecule has 0 saturated heterocycles. The van der Waals surface area contributed by atoms with E-state index in [1.54, 1.807) is 0 Å². The number of pyridine rings is 1. The summed E-state index contributed by atoms with van der Waals surface area (Å²) in [5.41, 5.74) is 1.59. The number of aromatic nitrogens is 1. The van der Waals surface area contributed by atoms with E-state index in [0.29, 0.717) is 11.6 Å². The Morgan fingerprint density at radius 1 is 1.35 bits per heavy atom. The first-order valence-corrected chi connectivity index (χ1v) is 6.70. The summed E-state index contributed by atoms with van der Waals surface area (Å²) >= 11 is 0. The number of nitrogens with zero attached hydrogens (tertiary/aromatic N) is 1. The van der Waals surface area contributed by atoms with Crippen LogP contribution in [0.2, 0.25) is 0 Å². The maximum absolute atomic E-state index is 12.5. The lowest BCUT2D eigenvalue weighted by atomic mass is 9.75. The summed E-state index contributed by atoms with van der Waals surface area (Å²) in [6.07, 6.45) is 5.84. The molecule has 2 nitrogen and oxygen atoms in total. The molecular weight excluding hydrogens is 210 g/mol. The van der Waals surface area contributed by atoms with E-state index in [4.69, 9.17) is 0 Å². The summed E-state index contributed by atoms with van der Waals surface area (Å²) in [6.45, 7) is 4.13. The Balaban J connectivity index is 2.18. The van der Waals surface area contributed by atoms with Crippen molar-refractivity contribution in [2.45, 2.75) is 46.0 Å². The normalized spacial score (nSPS) is 24.6. The molecule has 1 aromatic rings. The zero-order valence-corrected chi connectivity index (χ0v) is 10.8. The quantitative estimate of drug-likeness (QED) is 0.741. The Morgan fingerprint density at radius 3 is 2.82 bits per heavy atom. The molecule has 1 saturated carbocycles. The zero-order chi connectivity index (χ0) is 12.3. The Kier molecular flexibility index (Phi) is 3.93. The molecule has 2 atom stereocenters. The standard InChI is InChI=1S/C15H21NO/c1-3-12-8-4-5-9-13(12)15(17)14-10-6-7-11(2)16-14/h6-7,10,12-13H,3-5,8-9H2,1-2H3. The van der Waals surface area contributed by atoms with Crippen molar-refractivity contribution in [3.05, 3.63) is 29.6 Å². The van der Waals surface area contributed by atoms with Crippen molar-refractivity contribution in [1.29, 1.82) is 0 Å². The minimum Gasteiger partial charge on any atom is -0.292 e. The summed E-state index contributed by atoms with van der Waals surface area (Å²) in [5, 5.41) is 0. The Morgan fingerprint density at radius 2 is 2.12 bits per heavy atom. The number of aryl methyl sites for hydroxylation is 1. The van der Waals surface area contributed by atoms with Gasteiger partial charge in [0.15, 0.2) is 5.78 Å². The summed E-state index contributed by atoms with van der Waals surface area (Å²) in [6, 6.07) is 5.73. The molecule has 0 spiro atoms. The monoisotopic (exact) mass is 231 g/mol.